The Kier molecular flexibility index (Phi) is 3.28. The van der Waals surface area contributed by atoms with Crippen LogP contribution in [0, 0.1) is 0 Å². The maximum atomic E-state index is 11.1. The average molecular weight is 218 g/mol. The van der Waals surface area contributed by atoms with Crippen molar-refractivity contribution >= 4 is 34.5 Å². The SMILES string of the molecule is O=C(Cl)c1ccccc1C(=O)NCl. The molecule has 0 saturated heterocycles. The van der Waals surface area contributed by atoms with Gasteiger partial charge in [0.1, 0.15) is 0 Å². The first-order valence-corrected chi connectivity index (χ1v) is 4.12. The van der Waals surface area contributed by atoms with E-state index in [-0.39, 0.29) is 11.1 Å². The van der Waals surface area contributed by atoms with Crippen LogP contribution in [-0.4, -0.2) is 11.1 Å². The number of halogens is 2. The van der Waals surface area contributed by atoms with Crippen LogP contribution in [0.25, 0.3) is 0 Å². The van der Waals surface area contributed by atoms with Crippen LogP contribution in [0.1, 0.15) is 20.7 Å². The maximum Gasteiger partial charge on any atom is 0.266 e. The zero-order valence-corrected chi connectivity index (χ0v) is 7.89. The molecule has 1 N–H and O–H groups in total. The van der Waals surface area contributed by atoms with Gasteiger partial charge in [-0.15, -0.1) is 0 Å². The van der Waals surface area contributed by atoms with Crippen molar-refractivity contribution in [3.8, 4) is 0 Å². The molecule has 13 heavy (non-hydrogen) atoms. The van der Waals surface area contributed by atoms with Gasteiger partial charge in [0.05, 0.1) is 5.56 Å². The van der Waals surface area contributed by atoms with Crippen molar-refractivity contribution < 1.29 is 9.59 Å². The van der Waals surface area contributed by atoms with Gasteiger partial charge in [-0.2, -0.15) is 0 Å². The number of hydrogen-bond acceptors (Lipinski definition) is 2. The lowest BCUT2D eigenvalue weighted by Crippen LogP contribution is -2.15. The number of nitrogens with one attached hydrogen (secondary N) is 1. The van der Waals surface area contributed by atoms with Gasteiger partial charge in [-0.05, 0) is 23.7 Å². The summed E-state index contributed by atoms with van der Waals surface area (Å²) in [5.41, 5.74) is 0.305. The Morgan fingerprint density at radius 3 is 2.15 bits per heavy atom. The minimum atomic E-state index is -0.684. The molecule has 1 rings (SSSR count). The van der Waals surface area contributed by atoms with Gasteiger partial charge in [0.2, 0.25) is 0 Å². The predicted octanol–water partition coefficient (Wildman–Crippen LogP) is 1.95. The quantitative estimate of drug-likeness (QED) is 0.609. The zero-order valence-electron chi connectivity index (χ0n) is 6.38. The van der Waals surface area contributed by atoms with Crippen LogP contribution >= 0.6 is 23.4 Å². The smallest absolute Gasteiger partial charge is 0.266 e. The van der Waals surface area contributed by atoms with Crippen molar-refractivity contribution in [2.75, 3.05) is 0 Å². The van der Waals surface area contributed by atoms with E-state index in [4.69, 9.17) is 23.4 Å². The molecule has 0 aliphatic heterocycles. The standard InChI is InChI=1S/C8H5Cl2NO2/c9-7(12)5-3-1-2-4-6(5)8(13)11-10/h1-4H,(H,11,13). The molecule has 1 aromatic carbocycles. The van der Waals surface area contributed by atoms with E-state index >= 15 is 0 Å². The molecule has 0 aliphatic carbocycles. The molecule has 0 saturated carbocycles. The summed E-state index contributed by atoms with van der Waals surface area (Å²) >= 11 is 10.4. The Morgan fingerprint density at radius 2 is 1.69 bits per heavy atom. The highest BCUT2D eigenvalue weighted by Crippen LogP contribution is 2.11. The number of benzene rings is 1. The zero-order chi connectivity index (χ0) is 9.84. The topological polar surface area (TPSA) is 46.2 Å². The van der Waals surface area contributed by atoms with Crippen LogP contribution in [0.5, 0.6) is 0 Å². The first-order chi connectivity index (χ1) is 6.16. The summed E-state index contributed by atoms with van der Waals surface area (Å²) in [5, 5.41) is -0.684. The highest BCUT2D eigenvalue weighted by molar-refractivity contribution is 6.68. The lowest BCUT2D eigenvalue weighted by Gasteiger charge is -2.01. The van der Waals surface area contributed by atoms with E-state index in [9.17, 15) is 9.59 Å². The minimum Gasteiger partial charge on any atom is -0.276 e. The molecular weight excluding hydrogens is 213 g/mol. The first-order valence-electron chi connectivity index (χ1n) is 3.36. The summed E-state index contributed by atoms with van der Waals surface area (Å²) in [5.74, 6) is -0.550. The molecule has 1 amide bonds. The van der Waals surface area contributed by atoms with E-state index in [2.05, 4.69) is 0 Å². The van der Waals surface area contributed by atoms with E-state index in [0.29, 0.717) is 0 Å². The van der Waals surface area contributed by atoms with Crippen LogP contribution in [0.2, 0.25) is 0 Å². The average Bonchev–Trinajstić information content (AvgIpc) is 2.16. The lowest BCUT2D eigenvalue weighted by atomic mass is 10.1. The molecule has 1 aromatic rings. The number of amides is 1. The van der Waals surface area contributed by atoms with Gasteiger partial charge < -0.3 is 0 Å². The molecule has 5 heteroatoms. The fourth-order valence-electron chi connectivity index (χ4n) is 0.903. The highest BCUT2D eigenvalue weighted by Gasteiger charge is 2.13. The second-order valence-electron chi connectivity index (χ2n) is 2.24. The molecule has 68 valence electrons. The molecule has 0 unspecified atom stereocenters. The highest BCUT2D eigenvalue weighted by atomic mass is 35.5. The summed E-state index contributed by atoms with van der Waals surface area (Å²) in [6, 6.07) is 6.15. The van der Waals surface area contributed by atoms with Gasteiger partial charge in [-0.1, -0.05) is 12.1 Å². The number of rotatable bonds is 2. The van der Waals surface area contributed by atoms with E-state index in [1.54, 1.807) is 12.1 Å². The molecule has 0 atom stereocenters. The summed E-state index contributed by atoms with van der Waals surface area (Å²) in [7, 11) is 0. The molecule has 0 heterocycles. The third-order valence-electron chi connectivity index (χ3n) is 1.47. The molecule has 0 fully saturated rings. The van der Waals surface area contributed by atoms with E-state index in [1.165, 1.54) is 12.1 Å². The molecule has 0 bridgehead atoms. The van der Waals surface area contributed by atoms with Crippen molar-refractivity contribution in [2.24, 2.45) is 0 Å². The normalized spacial score (nSPS) is 9.38. The molecule has 3 nitrogen and oxygen atoms in total. The van der Waals surface area contributed by atoms with Gasteiger partial charge in [-0.25, -0.2) is 0 Å². The molecule has 0 radical (unpaired) electrons. The van der Waals surface area contributed by atoms with Crippen molar-refractivity contribution in [3.05, 3.63) is 35.4 Å². The van der Waals surface area contributed by atoms with Crippen LogP contribution in [0.4, 0.5) is 0 Å². The van der Waals surface area contributed by atoms with Crippen molar-refractivity contribution in [1.29, 1.82) is 0 Å². The summed E-state index contributed by atoms with van der Waals surface area (Å²) < 4.78 is 0. The van der Waals surface area contributed by atoms with Gasteiger partial charge >= 0.3 is 0 Å². The third kappa shape index (κ3) is 2.20. The number of carbonyl (C=O) groups excluding carboxylic acids is 2. The van der Waals surface area contributed by atoms with Crippen molar-refractivity contribution in [3.63, 3.8) is 0 Å². The van der Waals surface area contributed by atoms with Gasteiger partial charge in [-0.3, -0.25) is 14.4 Å². The fourth-order valence-corrected chi connectivity index (χ4v) is 1.17. The molecule has 0 aliphatic rings. The second kappa shape index (κ2) is 4.25. The van der Waals surface area contributed by atoms with Gasteiger partial charge in [0.25, 0.3) is 11.1 Å². The molecule has 0 aromatic heterocycles. The third-order valence-corrected chi connectivity index (χ3v) is 1.84. The minimum absolute atomic E-state index is 0.141. The summed E-state index contributed by atoms with van der Waals surface area (Å²) in [4.78, 5) is 23.8. The van der Waals surface area contributed by atoms with Crippen molar-refractivity contribution in [2.45, 2.75) is 0 Å². The molecule has 0 spiro atoms. The van der Waals surface area contributed by atoms with E-state index in [1.807, 2.05) is 4.84 Å². The Bertz CT molecular complexity index is 352. The Balaban J connectivity index is 3.19. The Hall–Kier alpha value is -1.06. The lowest BCUT2D eigenvalue weighted by molar-refractivity contribution is 0.0972. The number of hydrogen-bond donors (Lipinski definition) is 1. The van der Waals surface area contributed by atoms with E-state index in [0.717, 1.165) is 0 Å². The van der Waals surface area contributed by atoms with Crippen molar-refractivity contribution in [1.82, 2.24) is 4.84 Å². The monoisotopic (exact) mass is 217 g/mol. The van der Waals surface area contributed by atoms with Gasteiger partial charge in [0.15, 0.2) is 0 Å². The van der Waals surface area contributed by atoms with Crippen LogP contribution in [0.3, 0.4) is 0 Å². The van der Waals surface area contributed by atoms with Crippen LogP contribution in [0.15, 0.2) is 24.3 Å². The maximum absolute atomic E-state index is 11.1. The van der Waals surface area contributed by atoms with Crippen LogP contribution < -0.4 is 4.84 Å². The number of carbonyl (C=O) groups is 2. The second-order valence-corrected chi connectivity index (χ2v) is 2.78. The van der Waals surface area contributed by atoms with Crippen LogP contribution in [-0.2, 0) is 0 Å². The summed E-state index contributed by atoms with van der Waals surface area (Å²) in [6.45, 7) is 0. The predicted molar refractivity (Wildman–Crippen MR) is 49.9 cm³/mol. The Labute approximate surface area is 84.8 Å². The molecular formula is C8H5Cl2NO2. The fraction of sp³-hybridized carbons (Fsp3) is 0. The van der Waals surface area contributed by atoms with Gasteiger partial charge in [0, 0.05) is 17.3 Å². The van der Waals surface area contributed by atoms with E-state index < -0.39 is 11.1 Å². The summed E-state index contributed by atoms with van der Waals surface area (Å²) in [6.07, 6.45) is 0. The first kappa shape index (κ1) is 10.0. The largest absolute Gasteiger partial charge is 0.276 e. The Morgan fingerprint density at radius 1 is 1.15 bits per heavy atom.